The van der Waals surface area contributed by atoms with E-state index < -0.39 is 16.9 Å². The lowest BCUT2D eigenvalue weighted by molar-refractivity contribution is -0.432. The lowest BCUT2D eigenvalue weighted by Gasteiger charge is -2.11. The van der Waals surface area contributed by atoms with Crippen molar-refractivity contribution in [3.8, 4) is 0 Å². The van der Waals surface area contributed by atoms with Gasteiger partial charge >= 0.3 is 5.97 Å². The highest BCUT2D eigenvalue weighted by Gasteiger charge is 2.24. The van der Waals surface area contributed by atoms with Gasteiger partial charge in [0.1, 0.15) is 12.5 Å². The highest BCUT2D eigenvalue weighted by molar-refractivity contribution is 5.70. The molecular formula is C12H17N2O4+. The van der Waals surface area contributed by atoms with Crippen LogP contribution in [-0.4, -0.2) is 17.0 Å². The fourth-order valence-corrected chi connectivity index (χ4v) is 1.62. The molecule has 6 heteroatoms. The normalized spacial score (nSPS) is 12.2. The topological polar surface area (TPSA) is 97.1 Å². The monoisotopic (exact) mass is 253 g/mol. The third kappa shape index (κ3) is 3.81. The molecular weight excluding hydrogens is 236 g/mol. The maximum Gasteiger partial charge on any atom is 0.312 e. The second-order valence-electron chi connectivity index (χ2n) is 4.26. The van der Waals surface area contributed by atoms with Crippen molar-refractivity contribution in [3.63, 3.8) is 0 Å². The first kappa shape index (κ1) is 14.1. The average molecular weight is 253 g/mol. The zero-order valence-corrected chi connectivity index (χ0v) is 10.5. The maximum absolute atomic E-state index is 11.5. The Kier molecular flexibility index (Phi) is 4.79. The minimum Gasteiger partial charge on any atom is -0.463 e. The van der Waals surface area contributed by atoms with Crippen molar-refractivity contribution in [2.45, 2.75) is 32.4 Å². The quantitative estimate of drug-likeness (QED) is 0.484. The molecule has 0 aliphatic rings. The number of ether oxygens (including phenoxy) is 1. The standard InChI is InChI=1S/C12H16N2O4/c1-8(2)18-12(15)7-10(13)9-5-3-4-6-11(9)14(16)17/h3-6,8,10H,7,13H2,1-2H3/p+1/t10-/m0/s1. The maximum atomic E-state index is 11.5. The molecule has 0 aromatic heterocycles. The SMILES string of the molecule is CC(C)OC(=O)C[C@H]([NH3+])c1ccccc1[N+](=O)[O-]. The van der Waals surface area contributed by atoms with Crippen molar-refractivity contribution in [2.75, 3.05) is 0 Å². The van der Waals surface area contributed by atoms with Crippen LogP contribution in [0.3, 0.4) is 0 Å². The van der Waals surface area contributed by atoms with Gasteiger partial charge in [0, 0.05) is 6.07 Å². The van der Waals surface area contributed by atoms with Crippen LogP contribution in [0, 0.1) is 10.1 Å². The number of hydrogen-bond donors (Lipinski definition) is 1. The van der Waals surface area contributed by atoms with E-state index in [1.807, 2.05) is 0 Å². The Morgan fingerprint density at radius 1 is 1.44 bits per heavy atom. The molecule has 0 saturated carbocycles. The predicted octanol–water partition coefficient (Wildman–Crippen LogP) is 1.22. The Bertz CT molecular complexity index is 445. The molecule has 0 aliphatic carbocycles. The summed E-state index contributed by atoms with van der Waals surface area (Å²) in [4.78, 5) is 21.9. The van der Waals surface area contributed by atoms with Gasteiger partial charge in [0.25, 0.3) is 5.69 Å². The molecule has 0 radical (unpaired) electrons. The van der Waals surface area contributed by atoms with Crippen LogP contribution in [0.4, 0.5) is 5.69 Å². The van der Waals surface area contributed by atoms with Crippen LogP contribution in [0.15, 0.2) is 24.3 Å². The van der Waals surface area contributed by atoms with Crippen molar-refractivity contribution in [3.05, 3.63) is 39.9 Å². The zero-order chi connectivity index (χ0) is 13.7. The van der Waals surface area contributed by atoms with Crippen molar-refractivity contribution < 1.29 is 20.2 Å². The van der Waals surface area contributed by atoms with Crippen LogP contribution in [0.5, 0.6) is 0 Å². The molecule has 1 aromatic rings. The molecule has 0 saturated heterocycles. The van der Waals surface area contributed by atoms with Gasteiger partial charge in [-0.2, -0.15) is 0 Å². The second-order valence-corrected chi connectivity index (χ2v) is 4.26. The van der Waals surface area contributed by atoms with E-state index in [9.17, 15) is 14.9 Å². The number of para-hydroxylation sites is 1. The Balaban J connectivity index is 2.81. The van der Waals surface area contributed by atoms with E-state index in [1.54, 1.807) is 32.0 Å². The van der Waals surface area contributed by atoms with Gasteiger partial charge in [0.2, 0.25) is 0 Å². The third-order valence-corrected chi connectivity index (χ3v) is 2.35. The van der Waals surface area contributed by atoms with E-state index in [-0.39, 0.29) is 18.2 Å². The summed E-state index contributed by atoms with van der Waals surface area (Å²) >= 11 is 0. The summed E-state index contributed by atoms with van der Waals surface area (Å²) in [5, 5.41) is 10.9. The molecule has 6 nitrogen and oxygen atoms in total. The molecule has 0 unspecified atom stereocenters. The number of carbonyl (C=O) groups excluding carboxylic acids is 1. The third-order valence-electron chi connectivity index (χ3n) is 2.35. The minimum absolute atomic E-state index is 0.0187. The molecule has 0 heterocycles. The van der Waals surface area contributed by atoms with Crippen LogP contribution >= 0.6 is 0 Å². The number of esters is 1. The second kappa shape index (κ2) is 6.11. The molecule has 1 aromatic carbocycles. The van der Waals surface area contributed by atoms with Crippen LogP contribution < -0.4 is 5.73 Å². The first-order valence-corrected chi connectivity index (χ1v) is 5.67. The number of benzene rings is 1. The first-order chi connectivity index (χ1) is 8.41. The lowest BCUT2D eigenvalue weighted by Crippen LogP contribution is -2.54. The van der Waals surface area contributed by atoms with Gasteiger partial charge in [-0.15, -0.1) is 0 Å². The zero-order valence-electron chi connectivity index (χ0n) is 10.5. The van der Waals surface area contributed by atoms with Gasteiger partial charge in [-0.3, -0.25) is 14.9 Å². The Hall–Kier alpha value is -1.95. The summed E-state index contributed by atoms with van der Waals surface area (Å²) in [5.74, 6) is -0.400. The predicted molar refractivity (Wildman–Crippen MR) is 64.6 cm³/mol. The van der Waals surface area contributed by atoms with Crippen molar-refractivity contribution in [2.24, 2.45) is 0 Å². The largest absolute Gasteiger partial charge is 0.463 e. The molecule has 1 rings (SSSR count). The first-order valence-electron chi connectivity index (χ1n) is 5.67. The fourth-order valence-electron chi connectivity index (χ4n) is 1.62. The number of nitro groups is 1. The molecule has 0 aliphatic heterocycles. The number of carbonyl (C=O) groups is 1. The van der Waals surface area contributed by atoms with E-state index >= 15 is 0 Å². The van der Waals surface area contributed by atoms with Gasteiger partial charge in [0.15, 0.2) is 0 Å². The number of nitrogens with zero attached hydrogens (tertiary/aromatic N) is 1. The van der Waals surface area contributed by atoms with Gasteiger partial charge in [-0.1, -0.05) is 12.1 Å². The highest BCUT2D eigenvalue weighted by atomic mass is 16.6. The van der Waals surface area contributed by atoms with Crippen molar-refractivity contribution in [1.29, 1.82) is 0 Å². The number of hydrogen-bond acceptors (Lipinski definition) is 4. The molecule has 0 bridgehead atoms. The van der Waals surface area contributed by atoms with Gasteiger partial charge in [-0.05, 0) is 19.9 Å². The van der Waals surface area contributed by atoms with E-state index in [2.05, 4.69) is 5.73 Å². The van der Waals surface area contributed by atoms with Crippen molar-refractivity contribution >= 4 is 11.7 Å². The van der Waals surface area contributed by atoms with Crippen LogP contribution in [0.2, 0.25) is 0 Å². The number of quaternary nitrogens is 1. The van der Waals surface area contributed by atoms with E-state index in [0.717, 1.165) is 0 Å². The van der Waals surface area contributed by atoms with Gasteiger partial charge < -0.3 is 10.5 Å². The molecule has 98 valence electrons. The van der Waals surface area contributed by atoms with E-state index in [0.29, 0.717) is 5.56 Å². The average Bonchev–Trinajstić information content (AvgIpc) is 2.27. The lowest BCUT2D eigenvalue weighted by atomic mass is 10.0. The summed E-state index contributed by atoms with van der Waals surface area (Å²) in [5.41, 5.74) is 4.22. The summed E-state index contributed by atoms with van der Waals surface area (Å²) < 4.78 is 4.99. The van der Waals surface area contributed by atoms with Gasteiger partial charge in [0.05, 0.1) is 16.6 Å². The highest BCUT2D eigenvalue weighted by Crippen LogP contribution is 2.24. The molecule has 1 atom stereocenters. The molecule has 0 amide bonds. The summed E-state index contributed by atoms with van der Waals surface area (Å²) in [6, 6.07) is 5.80. The summed E-state index contributed by atoms with van der Waals surface area (Å²) in [7, 11) is 0. The summed E-state index contributed by atoms with van der Waals surface area (Å²) in [6.07, 6.45) is -0.168. The number of nitro benzene ring substituents is 1. The van der Waals surface area contributed by atoms with Gasteiger partial charge in [-0.25, -0.2) is 0 Å². The number of rotatable bonds is 5. The Labute approximate surface area is 105 Å². The molecule has 0 fully saturated rings. The van der Waals surface area contributed by atoms with Crippen LogP contribution in [-0.2, 0) is 9.53 Å². The molecule has 18 heavy (non-hydrogen) atoms. The van der Waals surface area contributed by atoms with E-state index in [1.165, 1.54) is 6.07 Å². The fraction of sp³-hybridized carbons (Fsp3) is 0.417. The van der Waals surface area contributed by atoms with E-state index in [4.69, 9.17) is 4.74 Å². The smallest absolute Gasteiger partial charge is 0.312 e. The van der Waals surface area contributed by atoms with Crippen LogP contribution in [0.1, 0.15) is 31.9 Å². The minimum atomic E-state index is -0.488. The van der Waals surface area contributed by atoms with Crippen LogP contribution in [0.25, 0.3) is 0 Å². The molecule has 0 spiro atoms. The Morgan fingerprint density at radius 3 is 2.61 bits per heavy atom. The molecule has 3 N–H and O–H groups in total. The Morgan fingerprint density at radius 2 is 2.06 bits per heavy atom. The van der Waals surface area contributed by atoms with Crippen molar-refractivity contribution in [1.82, 2.24) is 0 Å². The summed E-state index contributed by atoms with van der Waals surface area (Å²) in [6.45, 7) is 3.50.